The van der Waals surface area contributed by atoms with Crippen LogP contribution in [0.25, 0.3) is 11.1 Å². The molecule has 156 valence electrons. The molecule has 0 heterocycles. The molecule has 0 saturated carbocycles. The number of benzene rings is 3. The van der Waals surface area contributed by atoms with Crippen molar-refractivity contribution in [2.24, 2.45) is 0 Å². The molecule has 0 spiro atoms. The topological polar surface area (TPSA) is 89.9 Å². The van der Waals surface area contributed by atoms with Gasteiger partial charge in [0.05, 0.1) is 30.6 Å². The highest BCUT2D eigenvalue weighted by Gasteiger charge is 2.26. The van der Waals surface area contributed by atoms with Crippen molar-refractivity contribution in [2.75, 3.05) is 14.2 Å². The zero-order valence-corrected chi connectivity index (χ0v) is 17.8. The number of phenolic OH excluding ortho intramolecular Hbond substituents is 1. The summed E-state index contributed by atoms with van der Waals surface area (Å²) >= 11 is 5.95. The van der Waals surface area contributed by atoms with Gasteiger partial charge in [-0.2, -0.15) is 0 Å². The maximum Gasteiger partial charge on any atom is 0.337 e. The minimum atomic E-state index is -4.08. The van der Waals surface area contributed by atoms with Gasteiger partial charge >= 0.3 is 5.97 Å². The summed E-state index contributed by atoms with van der Waals surface area (Å²) in [6.07, 6.45) is 0. The Hall–Kier alpha value is -3.03. The molecule has 0 bridgehead atoms. The van der Waals surface area contributed by atoms with Gasteiger partial charge in [-0.05, 0) is 35.4 Å². The molecule has 0 unspecified atom stereocenters. The quantitative estimate of drug-likeness (QED) is 0.561. The number of halogens is 1. The van der Waals surface area contributed by atoms with E-state index >= 15 is 0 Å². The molecule has 0 radical (unpaired) electrons. The Morgan fingerprint density at radius 1 is 1.00 bits per heavy atom. The molecular formula is C22H19ClO6S. The SMILES string of the molecule is COC(=O)c1cc(Cl)c(O)c(S(=O)(=O)Cc2cc(-c3ccccc3)ccc2OC)c1. The van der Waals surface area contributed by atoms with E-state index < -0.39 is 32.2 Å². The highest BCUT2D eigenvalue weighted by atomic mass is 35.5. The van der Waals surface area contributed by atoms with Gasteiger partial charge in [-0.1, -0.05) is 48.0 Å². The van der Waals surface area contributed by atoms with Gasteiger partial charge in [0, 0.05) is 5.56 Å². The smallest absolute Gasteiger partial charge is 0.337 e. The van der Waals surface area contributed by atoms with E-state index in [1.807, 2.05) is 36.4 Å². The number of ether oxygens (including phenoxy) is 2. The first-order valence-corrected chi connectivity index (χ1v) is 10.9. The van der Waals surface area contributed by atoms with Crippen molar-refractivity contribution >= 4 is 27.4 Å². The lowest BCUT2D eigenvalue weighted by molar-refractivity contribution is 0.0600. The Bertz CT molecular complexity index is 1190. The van der Waals surface area contributed by atoms with Crippen LogP contribution in [0.5, 0.6) is 11.5 Å². The number of hydrogen-bond donors (Lipinski definition) is 1. The highest BCUT2D eigenvalue weighted by Crippen LogP contribution is 2.36. The molecule has 8 heteroatoms. The highest BCUT2D eigenvalue weighted by molar-refractivity contribution is 7.90. The van der Waals surface area contributed by atoms with E-state index in [9.17, 15) is 18.3 Å². The first-order valence-electron chi connectivity index (χ1n) is 8.82. The van der Waals surface area contributed by atoms with E-state index in [4.69, 9.17) is 16.3 Å². The van der Waals surface area contributed by atoms with Gasteiger partial charge < -0.3 is 14.6 Å². The van der Waals surface area contributed by atoms with Crippen LogP contribution in [0.1, 0.15) is 15.9 Å². The fourth-order valence-electron chi connectivity index (χ4n) is 3.03. The number of aromatic hydroxyl groups is 1. The van der Waals surface area contributed by atoms with Crippen LogP contribution in [0, 0.1) is 0 Å². The zero-order valence-electron chi connectivity index (χ0n) is 16.3. The average Bonchev–Trinajstić information content (AvgIpc) is 2.75. The van der Waals surface area contributed by atoms with E-state index in [0.29, 0.717) is 11.3 Å². The molecule has 30 heavy (non-hydrogen) atoms. The van der Waals surface area contributed by atoms with Crippen LogP contribution in [0.15, 0.2) is 65.6 Å². The van der Waals surface area contributed by atoms with Crippen molar-refractivity contribution in [3.8, 4) is 22.6 Å². The van der Waals surface area contributed by atoms with Crippen LogP contribution >= 0.6 is 11.6 Å². The van der Waals surface area contributed by atoms with Gasteiger partial charge in [0.25, 0.3) is 0 Å². The van der Waals surface area contributed by atoms with Crippen LogP contribution in [0.3, 0.4) is 0 Å². The van der Waals surface area contributed by atoms with Crippen molar-refractivity contribution in [1.29, 1.82) is 0 Å². The van der Waals surface area contributed by atoms with Crippen molar-refractivity contribution in [2.45, 2.75) is 10.6 Å². The van der Waals surface area contributed by atoms with Crippen LogP contribution in [0.2, 0.25) is 5.02 Å². The average molecular weight is 447 g/mol. The maximum atomic E-state index is 13.1. The molecule has 0 atom stereocenters. The molecule has 0 fully saturated rings. The standard InChI is InChI=1S/C22H19ClO6S/c1-28-19-9-8-15(14-6-4-3-5-7-14)10-17(19)13-30(26,27)20-12-16(22(25)29-2)11-18(23)21(20)24/h3-12,24H,13H2,1-2H3. The zero-order chi connectivity index (χ0) is 21.9. The number of carbonyl (C=O) groups excluding carboxylic acids is 1. The number of methoxy groups -OCH3 is 2. The number of rotatable bonds is 6. The van der Waals surface area contributed by atoms with E-state index in [1.165, 1.54) is 7.11 Å². The molecule has 0 aliphatic rings. The number of carbonyl (C=O) groups is 1. The van der Waals surface area contributed by atoms with E-state index in [-0.39, 0.29) is 10.6 Å². The first-order chi connectivity index (χ1) is 14.3. The van der Waals surface area contributed by atoms with Gasteiger partial charge in [0.1, 0.15) is 10.6 Å². The molecule has 0 amide bonds. The minimum Gasteiger partial charge on any atom is -0.505 e. The van der Waals surface area contributed by atoms with Gasteiger partial charge in [-0.3, -0.25) is 0 Å². The van der Waals surface area contributed by atoms with Gasteiger partial charge in [0.2, 0.25) is 0 Å². The summed E-state index contributed by atoms with van der Waals surface area (Å²) in [6, 6.07) is 16.9. The normalized spacial score (nSPS) is 11.2. The van der Waals surface area contributed by atoms with Crippen LogP contribution in [-0.2, 0) is 20.3 Å². The summed E-state index contributed by atoms with van der Waals surface area (Å²) in [7, 11) is -1.48. The summed E-state index contributed by atoms with van der Waals surface area (Å²) in [5.41, 5.74) is 2.05. The number of esters is 1. The molecule has 0 aliphatic carbocycles. The summed E-state index contributed by atoms with van der Waals surface area (Å²) in [6.45, 7) is 0. The largest absolute Gasteiger partial charge is 0.505 e. The lowest BCUT2D eigenvalue weighted by atomic mass is 10.0. The maximum absolute atomic E-state index is 13.1. The molecular weight excluding hydrogens is 428 g/mol. The van der Waals surface area contributed by atoms with E-state index in [1.54, 1.807) is 12.1 Å². The number of phenols is 1. The molecule has 3 aromatic rings. The van der Waals surface area contributed by atoms with Crippen LogP contribution in [0.4, 0.5) is 0 Å². The second-order valence-electron chi connectivity index (χ2n) is 6.45. The summed E-state index contributed by atoms with van der Waals surface area (Å²) in [5.74, 6) is -1.47. The van der Waals surface area contributed by atoms with E-state index in [0.717, 1.165) is 30.4 Å². The molecule has 0 aromatic heterocycles. The van der Waals surface area contributed by atoms with Gasteiger partial charge in [-0.25, -0.2) is 13.2 Å². The summed E-state index contributed by atoms with van der Waals surface area (Å²) in [4.78, 5) is 11.4. The molecule has 3 rings (SSSR count). The molecule has 6 nitrogen and oxygen atoms in total. The monoisotopic (exact) mass is 446 g/mol. The molecule has 0 saturated heterocycles. The van der Waals surface area contributed by atoms with Gasteiger partial charge in [-0.15, -0.1) is 0 Å². The summed E-state index contributed by atoms with van der Waals surface area (Å²) in [5, 5.41) is 9.99. The fourth-order valence-corrected chi connectivity index (χ4v) is 4.81. The third-order valence-corrected chi connectivity index (χ3v) is 6.48. The molecule has 3 aromatic carbocycles. The Balaban J connectivity index is 2.07. The molecule has 0 aliphatic heterocycles. The molecule has 1 N–H and O–H groups in total. The Labute approximate surface area is 179 Å². The lowest BCUT2D eigenvalue weighted by Gasteiger charge is -2.13. The third kappa shape index (κ3) is 4.42. The lowest BCUT2D eigenvalue weighted by Crippen LogP contribution is -2.09. The Kier molecular flexibility index (Phi) is 6.34. The van der Waals surface area contributed by atoms with Gasteiger partial charge in [0.15, 0.2) is 15.6 Å². The second-order valence-corrected chi connectivity index (χ2v) is 8.81. The van der Waals surface area contributed by atoms with Crippen molar-refractivity contribution < 1.29 is 27.8 Å². The number of hydrogen-bond acceptors (Lipinski definition) is 6. The second kappa shape index (κ2) is 8.77. The van der Waals surface area contributed by atoms with Crippen LogP contribution < -0.4 is 4.74 Å². The minimum absolute atomic E-state index is 0.0797. The predicted molar refractivity (Wildman–Crippen MR) is 114 cm³/mol. The van der Waals surface area contributed by atoms with Crippen molar-refractivity contribution in [3.63, 3.8) is 0 Å². The first kappa shape index (κ1) is 21.7. The Morgan fingerprint density at radius 3 is 2.33 bits per heavy atom. The van der Waals surface area contributed by atoms with Crippen LogP contribution in [-0.4, -0.2) is 33.7 Å². The van der Waals surface area contributed by atoms with E-state index in [2.05, 4.69) is 4.74 Å². The summed E-state index contributed by atoms with van der Waals surface area (Å²) < 4.78 is 36.2. The third-order valence-electron chi connectivity index (χ3n) is 4.52. The number of sulfone groups is 1. The van der Waals surface area contributed by atoms with Crippen molar-refractivity contribution in [3.05, 3.63) is 76.8 Å². The Morgan fingerprint density at radius 2 is 1.70 bits per heavy atom. The van der Waals surface area contributed by atoms with Crippen molar-refractivity contribution in [1.82, 2.24) is 0 Å². The predicted octanol–water partition coefficient (Wildman–Crippen LogP) is 4.48. The fraction of sp³-hybridized carbons (Fsp3) is 0.136.